The number of aromatic nitrogens is 3. The number of methoxy groups -OCH3 is 1. The molecule has 0 amide bonds. The molecule has 2 aromatic heterocycles. The number of hydrogen-bond donors (Lipinski definition) is 2. The Labute approximate surface area is 206 Å². The van der Waals surface area contributed by atoms with Crippen LogP contribution >= 0.6 is 0 Å². The molecule has 11 heteroatoms. The molecule has 2 aliphatic rings. The minimum Gasteiger partial charge on any atom is -0.480 e. The van der Waals surface area contributed by atoms with Gasteiger partial charge in [-0.1, -0.05) is 12.1 Å². The van der Waals surface area contributed by atoms with Gasteiger partial charge in [0, 0.05) is 24.0 Å². The molecular formula is C25H28F3N5O3. The van der Waals surface area contributed by atoms with Crippen LogP contribution in [0.4, 0.5) is 24.7 Å². The van der Waals surface area contributed by atoms with E-state index in [9.17, 15) is 8.78 Å². The first-order chi connectivity index (χ1) is 17.2. The Hall–Kier alpha value is -3.18. The van der Waals surface area contributed by atoms with Crippen LogP contribution in [0.5, 0.6) is 5.88 Å². The Morgan fingerprint density at radius 1 is 1.25 bits per heavy atom. The van der Waals surface area contributed by atoms with E-state index >= 15 is 4.39 Å². The summed E-state index contributed by atoms with van der Waals surface area (Å²) in [6.45, 7) is 3.37. The lowest BCUT2D eigenvalue weighted by atomic mass is 10.00. The zero-order chi connectivity index (χ0) is 25.6. The number of aryl methyl sites for hydroxylation is 1. The molecule has 3 aromatic rings. The summed E-state index contributed by atoms with van der Waals surface area (Å²) in [6, 6.07) is 4.93. The van der Waals surface area contributed by atoms with Gasteiger partial charge >= 0.3 is 0 Å². The van der Waals surface area contributed by atoms with Gasteiger partial charge in [0.15, 0.2) is 5.82 Å². The lowest BCUT2D eigenvalue weighted by Crippen LogP contribution is -2.42. The molecule has 2 unspecified atom stereocenters. The summed E-state index contributed by atoms with van der Waals surface area (Å²) in [5.74, 6) is -3.97. The van der Waals surface area contributed by atoms with Crippen LogP contribution in [0.1, 0.15) is 42.6 Å². The standard InChI is InChI=1S/C25H28F3N5O3/c1-13(17-5-4-6-19(21(17)26)25(27,28)12-34)29-23-18-9-20(33-10-15-7-8-16(11-33)36-15)24(35-3)30-22(18)14(2)31-32-23/h4-6,9,13,15-16,34H,7-8,10-12H2,1-3H3,(H,29,32)/t13-,15?,16?/m1/s1. The number of benzene rings is 1. The van der Waals surface area contributed by atoms with Crippen molar-refractivity contribution in [2.75, 3.05) is 37.0 Å². The average molecular weight is 504 g/mol. The third kappa shape index (κ3) is 4.30. The van der Waals surface area contributed by atoms with Crippen molar-refractivity contribution in [1.29, 1.82) is 0 Å². The quantitative estimate of drug-likeness (QED) is 0.498. The molecule has 5 rings (SSSR count). The number of pyridine rings is 1. The largest absolute Gasteiger partial charge is 0.480 e. The molecule has 2 saturated heterocycles. The lowest BCUT2D eigenvalue weighted by Gasteiger charge is -2.34. The van der Waals surface area contributed by atoms with Crippen LogP contribution in [0.15, 0.2) is 24.3 Å². The monoisotopic (exact) mass is 503 g/mol. The maximum atomic E-state index is 15.1. The van der Waals surface area contributed by atoms with Crippen molar-refractivity contribution in [3.05, 3.63) is 46.9 Å². The Bertz CT molecular complexity index is 1280. The predicted molar refractivity (Wildman–Crippen MR) is 128 cm³/mol. The van der Waals surface area contributed by atoms with Gasteiger partial charge in [-0.05, 0) is 38.8 Å². The molecule has 2 aliphatic heterocycles. The van der Waals surface area contributed by atoms with Gasteiger partial charge in [-0.3, -0.25) is 0 Å². The molecule has 0 saturated carbocycles. The number of aliphatic hydroxyl groups excluding tert-OH is 1. The molecule has 0 radical (unpaired) electrons. The van der Waals surface area contributed by atoms with Crippen molar-refractivity contribution in [2.24, 2.45) is 0 Å². The van der Waals surface area contributed by atoms with E-state index in [-0.39, 0.29) is 17.8 Å². The molecule has 0 aliphatic carbocycles. The first-order valence-corrected chi connectivity index (χ1v) is 11.9. The maximum absolute atomic E-state index is 15.1. The molecule has 3 atom stereocenters. The topological polar surface area (TPSA) is 92.6 Å². The number of nitrogens with zero attached hydrogens (tertiary/aromatic N) is 4. The Balaban J connectivity index is 1.53. The lowest BCUT2D eigenvalue weighted by molar-refractivity contribution is -0.0583. The fraction of sp³-hybridized carbons (Fsp3) is 0.480. The molecule has 1 aromatic carbocycles. The Kier molecular flexibility index (Phi) is 6.37. The normalized spacial score (nSPS) is 20.6. The Morgan fingerprint density at radius 3 is 2.64 bits per heavy atom. The van der Waals surface area contributed by atoms with Gasteiger partial charge in [0.25, 0.3) is 5.92 Å². The Morgan fingerprint density at radius 2 is 1.97 bits per heavy atom. The number of halogens is 3. The van der Waals surface area contributed by atoms with E-state index < -0.39 is 30.0 Å². The molecule has 192 valence electrons. The third-order valence-electron chi connectivity index (χ3n) is 6.89. The van der Waals surface area contributed by atoms with Gasteiger partial charge in [-0.15, -0.1) is 5.10 Å². The second-order valence-corrected chi connectivity index (χ2v) is 9.35. The zero-order valence-corrected chi connectivity index (χ0v) is 20.3. The molecule has 8 nitrogen and oxygen atoms in total. The number of fused-ring (bicyclic) bond motifs is 3. The predicted octanol–water partition coefficient (Wildman–Crippen LogP) is 4.11. The van der Waals surface area contributed by atoms with Crippen LogP contribution in [-0.2, 0) is 10.7 Å². The number of nitrogens with one attached hydrogen (secondary N) is 1. The molecule has 2 bridgehead atoms. The maximum Gasteiger partial charge on any atom is 0.298 e. The number of alkyl halides is 2. The van der Waals surface area contributed by atoms with Crippen molar-refractivity contribution in [1.82, 2.24) is 15.2 Å². The van der Waals surface area contributed by atoms with Crippen LogP contribution in [0, 0.1) is 12.7 Å². The molecule has 2 N–H and O–H groups in total. The van der Waals surface area contributed by atoms with Crippen molar-refractivity contribution < 1.29 is 27.8 Å². The van der Waals surface area contributed by atoms with Crippen LogP contribution in [0.25, 0.3) is 10.9 Å². The van der Waals surface area contributed by atoms with Gasteiger partial charge in [-0.2, -0.15) is 13.9 Å². The smallest absolute Gasteiger partial charge is 0.298 e. The fourth-order valence-electron chi connectivity index (χ4n) is 5.00. The van der Waals surface area contributed by atoms with Gasteiger partial charge in [0.1, 0.15) is 23.6 Å². The molecule has 0 spiro atoms. The number of hydrogen-bond acceptors (Lipinski definition) is 8. The number of rotatable bonds is 7. The third-order valence-corrected chi connectivity index (χ3v) is 6.89. The van der Waals surface area contributed by atoms with Crippen LogP contribution in [-0.4, -0.2) is 59.3 Å². The van der Waals surface area contributed by atoms with E-state index in [4.69, 9.17) is 19.6 Å². The zero-order valence-electron chi connectivity index (χ0n) is 20.3. The fourth-order valence-corrected chi connectivity index (χ4v) is 5.00. The van der Waals surface area contributed by atoms with Crippen LogP contribution in [0.2, 0.25) is 0 Å². The van der Waals surface area contributed by atoms with Crippen molar-refractivity contribution in [2.45, 2.75) is 50.9 Å². The van der Waals surface area contributed by atoms with Gasteiger partial charge in [0.2, 0.25) is 5.88 Å². The highest BCUT2D eigenvalue weighted by Gasteiger charge is 2.36. The van der Waals surface area contributed by atoms with Crippen molar-refractivity contribution in [3.8, 4) is 5.88 Å². The average Bonchev–Trinajstić information content (AvgIpc) is 3.22. The summed E-state index contributed by atoms with van der Waals surface area (Å²) in [4.78, 5) is 6.90. The van der Waals surface area contributed by atoms with E-state index in [1.54, 1.807) is 21.0 Å². The van der Waals surface area contributed by atoms with E-state index in [0.29, 0.717) is 41.4 Å². The summed E-state index contributed by atoms with van der Waals surface area (Å²) in [7, 11) is 1.57. The van der Waals surface area contributed by atoms with E-state index in [1.807, 2.05) is 6.07 Å². The van der Waals surface area contributed by atoms with Crippen molar-refractivity contribution >= 4 is 22.4 Å². The SMILES string of the molecule is COc1nc2c(C)nnc(N[C@H](C)c3cccc(C(F)(F)CO)c3F)c2cc1N1CC2CCC(C1)O2. The van der Waals surface area contributed by atoms with E-state index in [1.165, 1.54) is 12.1 Å². The van der Waals surface area contributed by atoms with Gasteiger partial charge in [-0.25, -0.2) is 9.37 Å². The van der Waals surface area contributed by atoms with Gasteiger partial charge < -0.3 is 24.8 Å². The van der Waals surface area contributed by atoms with Crippen LogP contribution < -0.4 is 15.0 Å². The molecule has 4 heterocycles. The molecular weight excluding hydrogens is 475 g/mol. The minimum atomic E-state index is -3.69. The minimum absolute atomic E-state index is 0.0163. The first kappa shape index (κ1) is 24.5. The summed E-state index contributed by atoms with van der Waals surface area (Å²) >= 11 is 0. The highest BCUT2D eigenvalue weighted by Crippen LogP contribution is 2.38. The summed E-state index contributed by atoms with van der Waals surface area (Å²) in [6.07, 6.45) is 2.34. The number of ether oxygens (including phenoxy) is 2. The number of anilines is 2. The van der Waals surface area contributed by atoms with E-state index in [0.717, 1.165) is 24.6 Å². The highest BCUT2D eigenvalue weighted by molar-refractivity contribution is 5.93. The molecule has 2 fully saturated rings. The summed E-state index contributed by atoms with van der Waals surface area (Å²) in [5, 5.41) is 21.3. The second kappa shape index (κ2) is 9.36. The second-order valence-electron chi connectivity index (χ2n) is 9.35. The number of morpholine rings is 1. The van der Waals surface area contributed by atoms with E-state index in [2.05, 4.69) is 20.4 Å². The summed E-state index contributed by atoms with van der Waals surface area (Å²) < 4.78 is 54.7. The summed E-state index contributed by atoms with van der Waals surface area (Å²) in [5.41, 5.74) is 1.11. The van der Waals surface area contributed by atoms with Gasteiger partial charge in [0.05, 0.1) is 36.6 Å². The highest BCUT2D eigenvalue weighted by atomic mass is 19.3. The molecule has 36 heavy (non-hydrogen) atoms. The van der Waals surface area contributed by atoms with Crippen LogP contribution in [0.3, 0.4) is 0 Å². The number of aliphatic hydroxyl groups is 1. The first-order valence-electron chi connectivity index (χ1n) is 11.9. The van der Waals surface area contributed by atoms with Crippen molar-refractivity contribution in [3.63, 3.8) is 0 Å².